The molecule has 2 aliphatic rings. The summed E-state index contributed by atoms with van der Waals surface area (Å²) in [6.45, 7) is 3.47. The van der Waals surface area contributed by atoms with Crippen LogP contribution in [0.2, 0.25) is 0 Å². The molecule has 0 aromatic heterocycles. The van der Waals surface area contributed by atoms with Gasteiger partial charge in [0.25, 0.3) is 10.0 Å². The first-order valence-corrected chi connectivity index (χ1v) is 14.9. The van der Waals surface area contributed by atoms with Crippen LogP contribution in [0.5, 0.6) is 11.5 Å². The van der Waals surface area contributed by atoms with Crippen LogP contribution in [-0.2, 0) is 34.3 Å². The molecule has 3 aromatic rings. The molecule has 208 valence electrons. The molecule has 3 aromatic carbocycles. The van der Waals surface area contributed by atoms with Crippen molar-refractivity contribution < 1.29 is 27.0 Å². The Kier molecular flexibility index (Phi) is 8.69. The monoisotopic (exact) mass is 554 g/mol. The number of anilines is 1. The highest BCUT2D eigenvalue weighted by atomic mass is 32.2. The molecule has 2 heterocycles. The molecule has 0 radical (unpaired) electrons. The third-order valence-electron chi connectivity index (χ3n) is 7.46. The van der Waals surface area contributed by atoms with Crippen LogP contribution in [0.4, 0.5) is 10.1 Å². The number of nitrogens with zero attached hydrogens (tertiary/aromatic N) is 1. The minimum absolute atomic E-state index is 0.0259. The van der Waals surface area contributed by atoms with Crippen LogP contribution < -0.4 is 19.1 Å². The van der Waals surface area contributed by atoms with Gasteiger partial charge in [-0.2, -0.15) is 0 Å². The first kappa shape index (κ1) is 27.4. The Hall–Kier alpha value is -3.14. The molecule has 7 nitrogen and oxygen atoms in total. The van der Waals surface area contributed by atoms with Crippen molar-refractivity contribution in [3.8, 4) is 11.5 Å². The predicted molar refractivity (Wildman–Crippen MR) is 148 cm³/mol. The topological polar surface area (TPSA) is 77.1 Å². The molecule has 5 rings (SSSR count). The van der Waals surface area contributed by atoms with Crippen LogP contribution in [0, 0.1) is 11.7 Å². The molecule has 0 bridgehead atoms. The van der Waals surface area contributed by atoms with Crippen molar-refractivity contribution >= 4 is 15.7 Å². The van der Waals surface area contributed by atoms with Crippen molar-refractivity contribution in [3.63, 3.8) is 0 Å². The molecule has 0 amide bonds. The summed E-state index contributed by atoms with van der Waals surface area (Å²) in [6.07, 6.45) is 3.63. The quantitative estimate of drug-likeness (QED) is 0.377. The van der Waals surface area contributed by atoms with E-state index in [0.717, 1.165) is 60.9 Å². The number of halogens is 1. The first-order chi connectivity index (χ1) is 18.9. The Bertz CT molecular complexity index is 1370. The average molecular weight is 555 g/mol. The summed E-state index contributed by atoms with van der Waals surface area (Å²) in [5.41, 5.74) is 2.75. The van der Waals surface area contributed by atoms with E-state index in [4.69, 9.17) is 14.2 Å². The Morgan fingerprint density at radius 1 is 1.00 bits per heavy atom. The Balaban J connectivity index is 1.41. The van der Waals surface area contributed by atoms with Crippen LogP contribution in [0.15, 0.2) is 65.6 Å². The number of ether oxygens (including phenoxy) is 3. The van der Waals surface area contributed by atoms with Crippen molar-refractivity contribution in [2.24, 2.45) is 5.92 Å². The summed E-state index contributed by atoms with van der Waals surface area (Å²) in [7, 11) is -2.51. The molecule has 1 fully saturated rings. The number of sulfonamides is 1. The summed E-state index contributed by atoms with van der Waals surface area (Å²) in [6, 6.07) is 16.7. The third-order valence-corrected chi connectivity index (χ3v) is 9.22. The van der Waals surface area contributed by atoms with Gasteiger partial charge < -0.3 is 19.5 Å². The van der Waals surface area contributed by atoms with E-state index in [9.17, 15) is 8.42 Å². The molecule has 1 saturated heterocycles. The van der Waals surface area contributed by atoms with E-state index in [2.05, 4.69) is 5.32 Å². The van der Waals surface area contributed by atoms with E-state index in [1.807, 2.05) is 6.07 Å². The van der Waals surface area contributed by atoms with Gasteiger partial charge in [-0.3, -0.25) is 4.31 Å². The lowest BCUT2D eigenvalue weighted by Gasteiger charge is -2.26. The zero-order chi connectivity index (χ0) is 27.2. The molecule has 2 aliphatic heterocycles. The fraction of sp³-hybridized carbons (Fsp3) is 0.400. The zero-order valence-corrected chi connectivity index (χ0v) is 23.0. The maximum absolute atomic E-state index is 15.6. The number of benzene rings is 3. The summed E-state index contributed by atoms with van der Waals surface area (Å²) in [5.74, 6) is 0.925. The van der Waals surface area contributed by atoms with Crippen molar-refractivity contribution in [1.29, 1.82) is 0 Å². The minimum atomic E-state index is -4.08. The van der Waals surface area contributed by atoms with Gasteiger partial charge in [0, 0.05) is 25.8 Å². The highest BCUT2D eigenvalue weighted by molar-refractivity contribution is 7.92. The van der Waals surface area contributed by atoms with Crippen molar-refractivity contribution in [1.82, 2.24) is 5.32 Å². The van der Waals surface area contributed by atoms with Crippen LogP contribution in [0.25, 0.3) is 0 Å². The summed E-state index contributed by atoms with van der Waals surface area (Å²) in [4.78, 5) is 0.146. The number of hydrogen-bond acceptors (Lipinski definition) is 6. The molecular formula is C30H35FN2O5S. The van der Waals surface area contributed by atoms with Gasteiger partial charge in [0.1, 0.15) is 11.5 Å². The maximum Gasteiger partial charge on any atom is 0.264 e. The largest absolute Gasteiger partial charge is 0.497 e. The normalized spacial score (nSPS) is 15.9. The minimum Gasteiger partial charge on any atom is -0.497 e. The van der Waals surface area contributed by atoms with E-state index < -0.39 is 15.8 Å². The molecule has 1 N–H and O–H groups in total. The van der Waals surface area contributed by atoms with E-state index in [0.29, 0.717) is 36.1 Å². The number of nitrogens with one attached hydrogen (secondary N) is 1. The molecule has 0 atom stereocenters. The number of fused-ring (bicyclic) bond motifs is 1. The second-order valence-corrected chi connectivity index (χ2v) is 11.9. The lowest BCUT2D eigenvalue weighted by Crippen LogP contribution is -2.32. The van der Waals surface area contributed by atoms with Gasteiger partial charge in [0.2, 0.25) is 0 Å². The molecule has 0 unspecified atom stereocenters. The molecule has 0 aliphatic carbocycles. The molecule has 39 heavy (non-hydrogen) atoms. The van der Waals surface area contributed by atoms with Crippen LogP contribution in [0.1, 0.15) is 36.0 Å². The summed E-state index contributed by atoms with van der Waals surface area (Å²) in [5, 5.41) is 3.30. The van der Waals surface area contributed by atoms with E-state index in [1.54, 1.807) is 49.6 Å². The Labute approximate surface area is 229 Å². The van der Waals surface area contributed by atoms with Crippen LogP contribution >= 0.6 is 0 Å². The van der Waals surface area contributed by atoms with Crippen molar-refractivity contribution in [2.45, 2.75) is 43.7 Å². The lowest BCUT2D eigenvalue weighted by atomic mass is 9.97. The lowest BCUT2D eigenvalue weighted by molar-refractivity contribution is 0.0593. The van der Waals surface area contributed by atoms with E-state index in [-0.39, 0.29) is 17.1 Å². The van der Waals surface area contributed by atoms with E-state index >= 15 is 4.39 Å². The van der Waals surface area contributed by atoms with Gasteiger partial charge >= 0.3 is 0 Å². The number of hydrogen-bond donors (Lipinski definition) is 1. The van der Waals surface area contributed by atoms with Gasteiger partial charge in [-0.15, -0.1) is 0 Å². The predicted octanol–water partition coefficient (Wildman–Crippen LogP) is 5.07. The van der Waals surface area contributed by atoms with Crippen LogP contribution in [0.3, 0.4) is 0 Å². The zero-order valence-electron chi connectivity index (χ0n) is 22.2. The van der Waals surface area contributed by atoms with Gasteiger partial charge in [-0.1, -0.05) is 18.2 Å². The van der Waals surface area contributed by atoms with Gasteiger partial charge in [0.05, 0.1) is 30.8 Å². The fourth-order valence-electron chi connectivity index (χ4n) is 5.10. The van der Waals surface area contributed by atoms with Gasteiger partial charge in [-0.05, 0) is 91.2 Å². The molecular weight excluding hydrogens is 519 g/mol. The molecule has 0 spiro atoms. The smallest absolute Gasteiger partial charge is 0.264 e. The van der Waals surface area contributed by atoms with Gasteiger partial charge in [-0.25, -0.2) is 12.8 Å². The first-order valence-electron chi connectivity index (χ1n) is 13.4. The highest BCUT2D eigenvalue weighted by Crippen LogP contribution is 2.32. The van der Waals surface area contributed by atoms with Crippen molar-refractivity contribution in [3.05, 3.63) is 83.2 Å². The Morgan fingerprint density at radius 2 is 1.77 bits per heavy atom. The summed E-state index contributed by atoms with van der Waals surface area (Å²) < 4.78 is 61.2. The number of rotatable bonds is 10. The highest BCUT2D eigenvalue weighted by Gasteiger charge is 2.29. The third kappa shape index (κ3) is 6.54. The average Bonchev–Trinajstić information content (AvgIpc) is 2.97. The SMILES string of the molecule is COc1ccc(CN(c2ccc(OCCC3CCOCC3)cc2F)S(=O)(=O)c2ccc3c(c2)CCNC3)cc1. The summed E-state index contributed by atoms with van der Waals surface area (Å²) >= 11 is 0. The second kappa shape index (κ2) is 12.4. The Morgan fingerprint density at radius 3 is 2.51 bits per heavy atom. The molecule has 0 saturated carbocycles. The van der Waals surface area contributed by atoms with Gasteiger partial charge in [0.15, 0.2) is 5.82 Å². The van der Waals surface area contributed by atoms with Crippen molar-refractivity contribution in [2.75, 3.05) is 37.8 Å². The fourth-order valence-corrected chi connectivity index (χ4v) is 6.61. The van der Waals surface area contributed by atoms with Crippen LogP contribution in [-0.4, -0.2) is 41.9 Å². The standard InChI is InChI=1S/C30H35FN2O5S/c1-36-26-5-2-23(3-6-26)21-33(39(34,35)28-8-4-25-20-32-14-10-24(25)18-28)30-9-7-27(19-29(30)31)38-17-13-22-11-15-37-16-12-22/h2-9,18-19,22,32H,10-17,20-21H2,1H3. The number of methoxy groups -OCH3 is 1. The molecule has 9 heteroatoms. The second-order valence-electron chi connectivity index (χ2n) is 10.0. The van der Waals surface area contributed by atoms with E-state index in [1.165, 1.54) is 12.1 Å². The maximum atomic E-state index is 15.6.